The SMILES string of the molecule is CC(=O)N1CCC(Cc2ccc(C(=O)NCc3ccncc3)cc2)CC1. The second-order valence-electron chi connectivity index (χ2n) is 6.89. The standard InChI is InChI=1S/C21H25N3O2/c1-16(25)24-12-8-18(9-13-24)14-17-2-4-20(5-3-17)21(26)23-15-19-6-10-22-11-7-19/h2-7,10-11,18H,8-9,12-15H2,1H3,(H,23,26). The lowest BCUT2D eigenvalue weighted by Gasteiger charge is -2.31. The molecule has 1 saturated heterocycles. The van der Waals surface area contributed by atoms with E-state index >= 15 is 0 Å². The Morgan fingerprint density at radius 3 is 2.31 bits per heavy atom. The van der Waals surface area contributed by atoms with Crippen molar-refractivity contribution in [2.75, 3.05) is 13.1 Å². The molecule has 0 radical (unpaired) electrons. The van der Waals surface area contributed by atoms with Gasteiger partial charge in [0.25, 0.3) is 5.91 Å². The normalized spacial score (nSPS) is 14.9. The number of pyridine rings is 1. The van der Waals surface area contributed by atoms with E-state index < -0.39 is 0 Å². The summed E-state index contributed by atoms with van der Waals surface area (Å²) in [6.45, 7) is 3.85. The molecule has 1 aromatic heterocycles. The van der Waals surface area contributed by atoms with Gasteiger partial charge in [0, 0.05) is 44.5 Å². The summed E-state index contributed by atoms with van der Waals surface area (Å²) < 4.78 is 0. The van der Waals surface area contributed by atoms with Gasteiger partial charge in [-0.2, -0.15) is 0 Å². The zero-order valence-corrected chi connectivity index (χ0v) is 15.1. The van der Waals surface area contributed by atoms with Crippen LogP contribution in [0, 0.1) is 5.92 Å². The summed E-state index contributed by atoms with van der Waals surface area (Å²) in [5, 5.41) is 2.93. The Hall–Kier alpha value is -2.69. The summed E-state index contributed by atoms with van der Waals surface area (Å²) in [6, 6.07) is 11.6. The van der Waals surface area contributed by atoms with Gasteiger partial charge in [0.15, 0.2) is 0 Å². The molecule has 5 heteroatoms. The summed E-state index contributed by atoms with van der Waals surface area (Å²) >= 11 is 0. The molecule has 3 rings (SSSR count). The predicted molar refractivity (Wildman–Crippen MR) is 101 cm³/mol. The summed E-state index contributed by atoms with van der Waals surface area (Å²) in [5.74, 6) is 0.714. The number of nitrogens with one attached hydrogen (secondary N) is 1. The third kappa shape index (κ3) is 4.91. The van der Waals surface area contributed by atoms with Gasteiger partial charge in [0.2, 0.25) is 5.91 Å². The molecule has 1 aliphatic rings. The highest BCUT2D eigenvalue weighted by Crippen LogP contribution is 2.22. The van der Waals surface area contributed by atoms with Crippen molar-refractivity contribution < 1.29 is 9.59 Å². The number of carbonyl (C=O) groups is 2. The number of aromatic nitrogens is 1. The van der Waals surface area contributed by atoms with Crippen LogP contribution in [0.25, 0.3) is 0 Å². The summed E-state index contributed by atoms with van der Waals surface area (Å²) in [5.41, 5.74) is 2.95. The number of piperidine rings is 1. The molecule has 1 N–H and O–H groups in total. The molecular weight excluding hydrogens is 326 g/mol. The van der Waals surface area contributed by atoms with Gasteiger partial charge in [0.1, 0.15) is 0 Å². The Balaban J connectivity index is 1.49. The van der Waals surface area contributed by atoms with Crippen molar-refractivity contribution >= 4 is 11.8 Å². The first-order valence-electron chi connectivity index (χ1n) is 9.13. The second-order valence-corrected chi connectivity index (χ2v) is 6.89. The van der Waals surface area contributed by atoms with E-state index in [0.717, 1.165) is 37.9 Å². The highest BCUT2D eigenvalue weighted by molar-refractivity contribution is 5.94. The van der Waals surface area contributed by atoms with E-state index in [4.69, 9.17) is 0 Å². The number of amides is 2. The van der Waals surface area contributed by atoms with E-state index in [1.807, 2.05) is 41.3 Å². The van der Waals surface area contributed by atoms with Crippen LogP contribution in [0.5, 0.6) is 0 Å². The molecule has 26 heavy (non-hydrogen) atoms. The van der Waals surface area contributed by atoms with Crippen molar-refractivity contribution in [3.63, 3.8) is 0 Å². The maximum absolute atomic E-state index is 12.3. The molecule has 2 heterocycles. The lowest BCUT2D eigenvalue weighted by molar-refractivity contribution is -0.130. The van der Waals surface area contributed by atoms with Crippen molar-refractivity contribution in [2.24, 2.45) is 5.92 Å². The Kier molecular flexibility index (Phi) is 6.00. The first kappa shape index (κ1) is 18.1. The van der Waals surface area contributed by atoms with Crippen molar-refractivity contribution in [1.82, 2.24) is 15.2 Å². The summed E-state index contributed by atoms with van der Waals surface area (Å²) in [6.07, 6.45) is 6.54. The van der Waals surface area contributed by atoms with Crippen LogP contribution in [-0.4, -0.2) is 34.8 Å². The van der Waals surface area contributed by atoms with Crippen molar-refractivity contribution in [3.05, 3.63) is 65.5 Å². The summed E-state index contributed by atoms with van der Waals surface area (Å²) in [7, 11) is 0. The molecule has 0 spiro atoms. The Bertz CT molecular complexity index is 736. The van der Waals surface area contributed by atoms with Crippen LogP contribution >= 0.6 is 0 Å². The minimum absolute atomic E-state index is 0.0665. The predicted octanol–water partition coefficient (Wildman–Crippen LogP) is 2.81. The number of nitrogens with zero attached hydrogens (tertiary/aromatic N) is 2. The van der Waals surface area contributed by atoms with Gasteiger partial charge in [-0.05, 0) is 60.6 Å². The van der Waals surface area contributed by atoms with Gasteiger partial charge in [-0.15, -0.1) is 0 Å². The molecule has 0 bridgehead atoms. The molecule has 1 aromatic carbocycles. The maximum Gasteiger partial charge on any atom is 0.251 e. The Labute approximate surface area is 154 Å². The first-order chi connectivity index (χ1) is 12.6. The van der Waals surface area contributed by atoms with Gasteiger partial charge in [-0.3, -0.25) is 14.6 Å². The zero-order valence-electron chi connectivity index (χ0n) is 15.1. The fourth-order valence-electron chi connectivity index (χ4n) is 3.36. The molecule has 0 unspecified atom stereocenters. The molecule has 1 fully saturated rings. The third-order valence-electron chi connectivity index (χ3n) is 5.00. The lowest BCUT2D eigenvalue weighted by Crippen LogP contribution is -2.37. The third-order valence-corrected chi connectivity index (χ3v) is 5.00. The van der Waals surface area contributed by atoms with E-state index in [1.54, 1.807) is 19.3 Å². The topological polar surface area (TPSA) is 62.3 Å². The Morgan fingerprint density at radius 2 is 1.69 bits per heavy atom. The maximum atomic E-state index is 12.3. The molecule has 136 valence electrons. The average Bonchev–Trinajstić information content (AvgIpc) is 2.68. The fraction of sp³-hybridized carbons (Fsp3) is 0.381. The highest BCUT2D eigenvalue weighted by Gasteiger charge is 2.20. The van der Waals surface area contributed by atoms with E-state index in [2.05, 4.69) is 10.3 Å². The van der Waals surface area contributed by atoms with Crippen molar-refractivity contribution in [2.45, 2.75) is 32.7 Å². The molecule has 2 amide bonds. The minimum Gasteiger partial charge on any atom is -0.348 e. The lowest BCUT2D eigenvalue weighted by atomic mass is 9.90. The number of likely N-dealkylation sites (tertiary alicyclic amines) is 1. The van der Waals surface area contributed by atoms with E-state index in [9.17, 15) is 9.59 Å². The smallest absolute Gasteiger partial charge is 0.251 e. The molecule has 1 aliphatic heterocycles. The first-order valence-corrected chi connectivity index (χ1v) is 9.13. The van der Waals surface area contributed by atoms with Gasteiger partial charge in [-0.25, -0.2) is 0 Å². The number of rotatable bonds is 5. The van der Waals surface area contributed by atoms with Crippen LogP contribution in [0.2, 0.25) is 0 Å². The molecule has 0 aliphatic carbocycles. The average molecular weight is 351 g/mol. The molecule has 0 atom stereocenters. The monoisotopic (exact) mass is 351 g/mol. The van der Waals surface area contributed by atoms with Crippen molar-refractivity contribution in [1.29, 1.82) is 0 Å². The van der Waals surface area contributed by atoms with Gasteiger partial charge < -0.3 is 10.2 Å². The molecule has 5 nitrogen and oxygen atoms in total. The number of hydrogen-bond donors (Lipinski definition) is 1. The highest BCUT2D eigenvalue weighted by atomic mass is 16.2. The van der Waals surface area contributed by atoms with E-state index in [1.165, 1.54) is 5.56 Å². The Morgan fingerprint density at radius 1 is 1.04 bits per heavy atom. The van der Waals surface area contributed by atoms with Crippen LogP contribution in [0.3, 0.4) is 0 Å². The molecule has 2 aromatic rings. The van der Waals surface area contributed by atoms with Crippen LogP contribution in [-0.2, 0) is 17.8 Å². The summed E-state index contributed by atoms with van der Waals surface area (Å²) in [4.78, 5) is 29.5. The minimum atomic E-state index is -0.0665. The number of hydrogen-bond acceptors (Lipinski definition) is 3. The van der Waals surface area contributed by atoms with Gasteiger partial charge in [0.05, 0.1) is 0 Å². The van der Waals surface area contributed by atoms with Crippen LogP contribution in [0.15, 0.2) is 48.8 Å². The van der Waals surface area contributed by atoms with Crippen LogP contribution in [0.1, 0.15) is 41.3 Å². The number of carbonyl (C=O) groups excluding carboxylic acids is 2. The van der Waals surface area contributed by atoms with E-state index in [-0.39, 0.29) is 11.8 Å². The number of benzene rings is 1. The quantitative estimate of drug-likeness (QED) is 0.901. The second kappa shape index (κ2) is 8.61. The molecule has 0 saturated carbocycles. The van der Waals surface area contributed by atoms with Gasteiger partial charge in [-0.1, -0.05) is 12.1 Å². The van der Waals surface area contributed by atoms with Crippen LogP contribution < -0.4 is 5.32 Å². The van der Waals surface area contributed by atoms with E-state index in [0.29, 0.717) is 18.0 Å². The van der Waals surface area contributed by atoms with Gasteiger partial charge >= 0.3 is 0 Å². The fourth-order valence-corrected chi connectivity index (χ4v) is 3.36. The molecular formula is C21H25N3O2. The largest absolute Gasteiger partial charge is 0.348 e. The van der Waals surface area contributed by atoms with Crippen LogP contribution in [0.4, 0.5) is 0 Å². The zero-order chi connectivity index (χ0) is 18.4. The van der Waals surface area contributed by atoms with Crippen molar-refractivity contribution in [3.8, 4) is 0 Å².